The highest BCUT2D eigenvalue weighted by Gasteiger charge is 2.18. The molecule has 110 valence electrons. The van der Waals surface area contributed by atoms with E-state index in [1.54, 1.807) is 24.0 Å². The van der Waals surface area contributed by atoms with E-state index in [4.69, 9.17) is 22.7 Å². The minimum atomic E-state index is -0.486. The predicted molar refractivity (Wildman–Crippen MR) is 81.4 cm³/mol. The molecule has 1 aromatic rings. The van der Waals surface area contributed by atoms with Crippen molar-refractivity contribution in [3.8, 4) is 0 Å². The first-order chi connectivity index (χ1) is 9.51. The number of nitrogens with two attached hydrogens (primary N) is 1. The molecule has 0 unspecified atom stereocenters. The summed E-state index contributed by atoms with van der Waals surface area (Å²) in [7, 11) is 0. The number of carbonyl (C=O) groups is 1. The molecule has 0 aliphatic rings. The van der Waals surface area contributed by atoms with Gasteiger partial charge >= 0.3 is 5.97 Å². The second-order valence-corrected chi connectivity index (χ2v) is 4.66. The van der Waals surface area contributed by atoms with Crippen molar-refractivity contribution in [2.45, 2.75) is 20.3 Å². The molecule has 1 rings (SSSR count). The minimum absolute atomic E-state index is 0.0249. The van der Waals surface area contributed by atoms with E-state index < -0.39 is 5.82 Å². The number of halogens is 1. The van der Waals surface area contributed by atoms with Crippen LogP contribution in [0.15, 0.2) is 18.2 Å². The Labute approximate surface area is 123 Å². The van der Waals surface area contributed by atoms with Gasteiger partial charge in [0.2, 0.25) is 0 Å². The highest BCUT2D eigenvalue weighted by molar-refractivity contribution is 7.80. The largest absolute Gasteiger partial charge is 0.465 e. The van der Waals surface area contributed by atoms with Gasteiger partial charge in [-0.25, -0.2) is 4.39 Å². The van der Waals surface area contributed by atoms with E-state index in [1.165, 1.54) is 6.07 Å². The number of rotatable bonds is 7. The van der Waals surface area contributed by atoms with Crippen LogP contribution in [0.4, 0.5) is 10.1 Å². The van der Waals surface area contributed by atoms with E-state index in [-0.39, 0.29) is 23.1 Å². The van der Waals surface area contributed by atoms with Crippen LogP contribution in [0.1, 0.15) is 25.8 Å². The maximum Gasteiger partial charge on any atom is 0.325 e. The molecule has 0 aliphatic heterocycles. The lowest BCUT2D eigenvalue weighted by atomic mass is 10.1. The Hall–Kier alpha value is -1.69. The molecule has 4 nitrogen and oxygen atoms in total. The van der Waals surface area contributed by atoms with Gasteiger partial charge < -0.3 is 15.4 Å². The molecule has 0 saturated carbocycles. The molecular formula is C14H19FN2O2S. The van der Waals surface area contributed by atoms with E-state index in [0.717, 1.165) is 6.42 Å². The molecule has 0 amide bonds. The van der Waals surface area contributed by atoms with Gasteiger partial charge in [0, 0.05) is 6.54 Å². The van der Waals surface area contributed by atoms with Gasteiger partial charge in [-0.05, 0) is 25.5 Å². The van der Waals surface area contributed by atoms with Crippen molar-refractivity contribution in [3.05, 3.63) is 29.6 Å². The number of hydrogen-bond acceptors (Lipinski definition) is 4. The van der Waals surface area contributed by atoms with Crippen molar-refractivity contribution in [2.75, 3.05) is 24.6 Å². The third-order valence-corrected chi connectivity index (χ3v) is 2.90. The molecule has 0 aromatic heterocycles. The molecule has 1 aromatic carbocycles. The van der Waals surface area contributed by atoms with Gasteiger partial charge in [-0.1, -0.05) is 25.2 Å². The fourth-order valence-corrected chi connectivity index (χ4v) is 2.14. The lowest BCUT2D eigenvalue weighted by molar-refractivity contribution is -0.141. The van der Waals surface area contributed by atoms with Gasteiger partial charge in [-0.2, -0.15) is 0 Å². The van der Waals surface area contributed by atoms with Crippen molar-refractivity contribution >= 4 is 28.9 Å². The van der Waals surface area contributed by atoms with Gasteiger partial charge in [0.1, 0.15) is 17.4 Å². The van der Waals surface area contributed by atoms with Crippen LogP contribution in [-0.2, 0) is 9.53 Å². The number of benzene rings is 1. The summed E-state index contributed by atoms with van der Waals surface area (Å²) in [5.74, 6) is -0.848. The fraction of sp³-hybridized carbons (Fsp3) is 0.429. The van der Waals surface area contributed by atoms with Crippen molar-refractivity contribution < 1.29 is 13.9 Å². The molecule has 0 bridgehead atoms. The summed E-state index contributed by atoms with van der Waals surface area (Å²) in [6.45, 7) is 4.64. The Balaban J connectivity index is 3.11. The van der Waals surface area contributed by atoms with Crippen LogP contribution in [0.25, 0.3) is 0 Å². The number of nitrogens with zero attached hydrogens (tertiary/aromatic N) is 1. The molecule has 0 atom stereocenters. The molecule has 0 saturated heterocycles. The molecule has 20 heavy (non-hydrogen) atoms. The summed E-state index contributed by atoms with van der Waals surface area (Å²) in [5.41, 5.74) is 6.28. The Morgan fingerprint density at radius 2 is 2.15 bits per heavy atom. The van der Waals surface area contributed by atoms with E-state index >= 15 is 0 Å². The summed E-state index contributed by atoms with van der Waals surface area (Å²) < 4.78 is 18.8. The average Bonchev–Trinajstić information content (AvgIpc) is 2.37. The third-order valence-electron chi connectivity index (χ3n) is 2.70. The zero-order valence-electron chi connectivity index (χ0n) is 11.7. The van der Waals surface area contributed by atoms with E-state index in [1.807, 2.05) is 6.92 Å². The first-order valence-corrected chi connectivity index (χ1v) is 6.90. The fourth-order valence-electron chi connectivity index (χ4n) is 1.94. The Morgan fingerprint density at radius 3 is 2.70 bits per heavy atom. The summed E-state index contributed by atoms with van der Waals surface area (Å²) in [5, 5.41) is 0. The van der Waals surface area contributed by atoms with Gasteiger partial charge in [-0.3, -0.25) is 4.79 Å². The van der Waals surface area contributed by atoms with Crippen LogP contribution in [0, 0.1) is 5.82 Å². The van der Waals surface area contributed by atoms with Crippen molar-refractivity contribution in [2.24, 2.45) is 5.73 Å². The molecule has 0 radical (unpaired) electrons. The summed E-state index contributed by atoms with van der Waals surface area (Å²) in [6, 6.07) is 4.57. The van der Waals surface area contributed by atoms with Gasteiger partial charge in [0.05, 0.1) is 17.9 Å². The Bertz CT molecular complexity index is 494. The zero-order valence-corrected chi connectivity index (χ0v) is 12.5. The van der Waals surface area contributed by atoms with E-state index in [0.29, 0.717) is 18.8 Å². The van der Waals surface area contributed by atoms with Gasteiger partial charge in [0.15, 0.2) is 0 Å². The van der Waals surface area contributed by atoms with Crippen molar-refractivity contribution in [1.29, 1.82) is 0 Å². The maximum absolute atomic E-state index is 13.9. The molecule has 2 N–H and O–H groups in total. The molecule has 0 fully saturated rings. The maximum atomic E-state index is 13.9. The van der Waals surface area contributed by atoms with E-state index in [9.17, 15) is 9.18 Å². The van der Waals surface area contributed by atoms with Gasteiger partial charge in [0.25, 0.3) is 0 Å². The molecule has 0 spiro atoms. The number of ether oxygens (including phenoxy) is 1. The smallest absolute Gasteiger partial charge is 0.325 e. The molecule has 0 heterocycles. The number of anilines is 1. The normalized spacial score (nSPS) is 10.2. The minimum Gasteiger partial charge on any atom is -0.465 e. The summed E-state index contributed by atoms with van der Waals surface area (Å²) in [4.78, 5) is 13.4. The number of hydrogen-bond donors (Lipinski definition) is 1. The van der Waals surface area contributed by atoms with Gasteiger partial charge in [-0.15, -0.1) is 0 Å². The highest BCUT2D eigenvalue weighted by Crippen LogP contribution is 2.23. The second kappa shape index (κ2) is 7.79. The summed E-state index contributed by atoms with van der Waals surface area (Å²) >= 11 is 4.90. The standard InChI is InChI=1S/C14H19FN2O2S/c1-3-8-17(9-12(18)19-4-2)11-7-5-6-10(15)13(11)14(16)20/h5-7H,3-4,8-9H2,1-2H3,(H2,16,20). The Kier molecular flexibility index (Phi) is 6.38. The van der Waals surface area contributed by atoms with Crippen LogP contribution < -0.4 is 10.6 Å². The van der Waals surface area contributed by atoms with Crippen LogP contribution in [0.2, 0.25) is 0 Å². The molecular weight excluding hydrogens is 279 g/mol. The SMILES string of the molecule is CCCN(CC(=O)OCC)c1cccc(F)c1C(N)=S. The lowest BCUT2D eigenvalue weighted by Gasteiger charge is -2.25. The monoisotopic (exact) mass is 298 g/mol. The second-order valence-electron chi connectivity index (χ2n) is 4.22. The van der Waals surface area contributed by atoms with Crippen LogP contribution in [0.3, 0.4) is 0 Å². The predicted octanol–water partition coefficient (Wildman–Crippen LogP) is 2.24. The number of carbonyl (C=O) groups excluding carboxylic acids is 1. The molecule has 6 heteroatoms. The third kappa shape index (κ3) is 4.16. The average molecular weight is 298 g/mol. The lowest BCUT2D eigenvalue weighted by Crippen LogP contribution is -2.33. The zero-order chi connectivity index (χ0) is 15.1. The first kappa shape index (κ1) is 16.4. The van der Waals surface area contributed by atoms with Crippen LogP contribution in [-0.4, -0.2) is 30.7 Å². The number of thiocarbonyl (C=S) groups is 1. The van der Waals surface area contributed by atoms with E-state index in [2.05, 4.69) is 0 Å². The summed E-state index contributed by atoms with van der Waals surface area (Å²) in [6.07, 6.45) is 0.798. The molecule has 0 aliphatic carbocycles. The van der Waals surface area contributed by atoms with Crippen molar-refractivity contribution in [3.63, 3.8) is 0 Å². The van der Waals surface area contributed by atoms with Crippen LogP contribution >= 0.6 is 12.2 Å². The first-order valence-electron chi connectivity index (χ1n) is 6.50. The highest BCUT2D eigenvalue weighted by atomic mass is 32.1. The number of esters is 1. The quantitative estimate of drug-likeness (QED) is 0.618. The van der Waals surface area contributed by atoms with Crippen molar-refractivity contribution in [1.82, 2.24) is 0 Å². The van der Waals surface area contributed by atoms with Crippen LogP contribution in [0.5, 0.6) is 0 Å². The topological polar surface area (TPSA) is 55.6 Å². The Morgan fingerprint density at radius 1 is 1.45 bits per heavy atom.